The summed E-state index contributed by atoms with van der Waals surface area (Å²) in [4.78, 5) is 0. The Hall–Kier alpha value is -0.770. The molecule has 0 aliphatic carbocycles. The van der Waals surface area contributed by atoms with Crippen LogP contribution in [0.5, 0.6) is 5.75 Å². The van der Waals surface area contributed by atoms with Crippen LogP contribution in [0.4, 0.5) is 0 Å². The highest BCUT2D eigenvalue weighted by Gasteiger charge is 2.36. The quantitative estimate of drug-likeness (QED) is 0.745. The maximum Gasteiger partial charge on any atom is 0.122 e. The molecule has 21 heavy (non-hydrogen) atoms. The van der Waals surface area contributed by atoms with Crippen molar-refractivity contribution in [1.29, 1.82) is 0 Å². The summed E-state index contributed by atoms with van der Waals surface area (Å²) in [5, 5.41) is 4.16. The van der Waals surface area contributed by atoms with Crippen LogP contribution in [-0.2, 0) is 11.2 Å². The topological polar surface area (TPSA) is 30.5 Å². The zero-order chi connectivity index (χ0) is 15.9. The molecule has 0 radical (unpaired) electrons. The third-order valence-electron chi connectivity index (χ3n) is 4.28. The van der Waals surface area contributed by atoms with Crippen molar-refractivity contribution in [3.8, 4) is 5.75 Å². The molecule has 1 rings (SSSR count). The largest absolute Gasteiger partial charge is 0.496 e. The van der Waals surface area contributed by atoms with Gasteiger partial charge in [0.05, 0.1) is 12.7 Å². The molecule has 1 unspecified atom stereocenters. The van der Waals surface area contributed by atoms with Crippen molar-refractivity contribution >= 4 is 11.6 Å². The van der Waals surface area contributed by atoms with Gasteiger partial charge >= 0.3 is 0 Å². The molecular weight excluding hydrogens is 286 g/mol. The van der Waals surface area contributed by atoms with Gasteiger partial charge in [-0.15, -0.1) is 0 Å². The molecule has 0 aliphatic heterocycles. The number of halogens is 1. The Labute approximate surface area is 134 Å². The minimum absolute atomic E-state index is 0.170. The molecule has 0 aromatic heterocycles. The maximum absolute atomic E-state index is 6.14. The Morgan fingerprint density at radius 2 is 1.90 bits per heavy atom. The minimum Gasteiger partial charge on any atom is -0.496 e. The van der Waals surface area contributed by atoms with Crippen molar-refractivity contribution < 1.29 is 9.47 Å². The maximum atomic E-state index is 6.14. The first-order chi connectivity index (χ1) is 10.1. The smallest absolute Gasteiger partial charge is 0.122 e. The lowest BCUT2D eigenvalue weighted by molar-refractivity contribution is -0.0704. The average molecular weight is 314 g/mol. The molecule has 0 aliphatic rings. The van der Waals surface area contributed by atoms with Crippen LogP contribution in [0.15, 0.2) is 18.2 Å². The van der Waals surface area contributed by atoms with Crippen molar-refractivity contribution in [2.75, 3.05) is 20.8 Å². The van der Waals surface area contributed by atoms with Crippen LogP contribution in [0, 0.1) is 0 Å². The van der Waals surface area contributed by atoms with Crippen molar-refractivity contribution in [3.63, 3.8) is 0 Å². The summed E-state index contributed by atoms with van der Waals surface area (Å²) in [6, 6.07) is 5.96. The van der Waals surface area contributed by atoms with Gasteiger partial charge in [-0.3, -0.25) is 0 Å². The lowest BCUT2D eigenvalue weighted by atomic mass is 9.84. The van der Waals surface area contributed by atoms with Gasteiger partial charge in [0, 0.05) is 17.7 Å². The first-order valence-corrected chi connectivity index (χ1v) is 8.08. The highest BCUT2D eigenvalue weighted by molar-refractivity contribution is 6.30. The van der Waals surface area contributed by atoms with E-state index in [9.17, 15) is 0 Å². The van der Waals surface area contributed by atoms with Crippen molar-refractivity contribution in [3.05, 3.63) is 28.8 Å². The van der Waals surface area contributed by atoms with Gasteiger partial charge < -0.3 is 14.8 Å². The van der Waals surface area contributed by atoms with E-state index >= 15 is 0 Å². The summed E-state index contributed by atoms with van der Waals surface area (Å²) < 4.78 is 11.6. The molecule has 1 atom stereocenters. The first-order valence-electron chi connectivity index (χ1n) is 7.70. The molecule has 1 N–H and O–H groups in total. The molecule has 1 aromatic rings. The summed E-state index contributed by atoms with van der Waals surface area (Å²) in [7, 11) is 3.68. The van der Waals surface area contributed by atoms with Gasteiger partial charge in [-0.2, -0.15) is 0 Å². The molecule has 0 fully saturated rings. The number of ether oxygens (including phenoxy) is 2. The second-order valence-electron chi connectivity index (χ2n) is 5.21. The molecule has 0 saturated heterocycles. The highest BCUT2D eigenvalue weighted by atomic mass is 35.5. The van der Waals surface area contributed by atoms with Crippen LogP contribution in [0.25, 0.3) is 0 Å². The van der Waals surface area contributed by atoms with Gasteiger partial charge in [0.2, 0.25) is 0 Å². The Balaban J connectivity index is 3.08. The predicted molar refractivity (Wildman–Crippen MR) is 89.5 cm³/mol. The second kappa shape index (κ2) is 8.62. The van der Waals surface area contributed by atoms with E-state index in [2.05, 4.69) is 19.2 Å². The molecule has 120 valence electrons. The number of hydrogen-bond acceptors (Lipinski definition) is 3. The molecule has 0 saturated carbocycles. The average Bonchev–Trinajstić information content (AvgIpc) is 2.51. The molecule has 0 heterocycles. The minimum atomic E-state index is -0.170. The van der Waals surface area contributed by atoms with E-state index in [1.165, 1.54) is 0 Å². The third kappa shape index (κ3) is 4.35. The standard InChI is InChI=1S/C17H28ClNO2/c1-6-17(7-2,21-8-3)16(19-4)12-13-11-14(18)9-10-15(13)20-5/h9-11,16,19H,6-8,12H2,1-5H3. The van der Waals surface area contributed by atoms with E-state index in [-0.39, 0.29) is 11.6 Å². The molecule has 1 aromatic carbocycles. The highest BCUT2D eigenvalue weighted by Crippen LogP contribution is 2.31. The van der Waals surface area contributed by atoms with Crippen LogP contribution in [-0.4, -0.2) is 32.4 Å². The van der Waals surface area contributed by atoms with Gasteiger partial charge in [-0.05, 0) is 57.0 Å². The van der Waals surface area contributed by atoms with Crippen molar-refractivity contribution in [2.45, 2.75) is 51.7 Å². The number of rotatable bonds is 9. The fraction of sp³-hybridized carbons (Fsp3) is 0.647. The zero-order valence-electron chi connectivity index (χ0n) is 13.8. The van der Waals surface area contributed by atoms with Crippen molar-refractivity contribution in [2.24, 2.45) is 0 Å². The van der Waals surface area contributed by atoms with Crippen LogP contribution in [0.2, 0.25) is 5.02 Å². The third-order valence-corrected chi connectivity index (χ3v) is 4.51. The molecule has 0 spiro atoms. The molecular formula is C17H28ClNO2. The number of likely N-dealkylation sites (N-methyl/N-ethyl adjacent to an activating group) is 1. The molecule has 4 heteroatoms. The predicted octanol–water partition coefficient (Wildman–Crippen LogP) is 4.07. The Kier molecular flexibility index (Phi) is 7.50. The Bertz CT molecular complexity index is 433. The summed E-state index contributed by atoms with van der Waals surface area (Å²) >= 11 is 6.14. The van der Waals surface area contributed by atoms with Crippen LogP contribution in [0.1, 0.15) is 39.2 Å². The van der Waals surface area contributed by atoms with Gasteiger partial charge in [-0.1, -0.05) is 25.4 Å². The second-order valence-corrected chi connectivity index (χ2v) is 5.64. The normalized spacial score (nSPS) is 13.2. The monoisotopic (exact) mass is 313 g/mol. The molecule has 0 amide bonds. The molecule has 3 nitrogen and oxygen atoms in total. The fourth-order valence-corrected chi connectivity index (χ4v) is 3.21. The lowest BCUT2D eigenvalue weighted by Gasteiger charge is -2.39. The molecule has 0 bridgehead atoms. The number of nitrogens with one attached hydrogen (secondary N) is 1. The van der Waals surface area contributed by atoms with E-state index in [1.807, 2.05) is 32.2 Å². The van der Waals surface area contributed by atoms with E-state index < -0.39 is 0 Å². The summed E-state index contributed by atoms with van der Waals surface area (Å²) in [5.74, 6) is 0.872. The number of methoxy groups -OCH3 is 1. The van der Waals surface area contributed by atoms with Crippen LogP contribution >= 0.6 is 11.6 Å². The van der Waals surface area contributed by atoms with E-state index in [4.69, 9.17) is 21.1 Å². The zero-order valence-corrected chi connectivity index (χ0v) is 14.6. The number of benzene rings is 1. The summed E-state index contributed by atoms with van der Waals surface area (Å²) in [5.41, 5.74) is 0.937. The van der Waals surface area contributed by atoms with Gasteiger partial charge in [0.15, 0.2) is 0 Å². The van der Waals surface area contributed by atoms with Gasteiger partial charge in [0.25, 0.3) is 0 Å². The Morgan fingerprint density at radius 3 is 2.38 bits per heavy atom. The number of hydrogen-bond donors (Lipinski definition) is 1. The lowest BCUT2D eigenvalue weighted by Crippen LogP contribution is -2.52. The van der Waals surface area contributed by atoms with E-state index in [1.54, 1.807) is 7.11 Å². The SMILES string of the molecule is CCOC(CC)(CC)C(Cc1cc(Cl)ccc1OC)NC. The van der Waals surface area contributed by atoms with E-state index in [0.29, 0.717) is 6.61 Å². The van der Waals surface area contributed by atoms with Gasteiger partial charge in [-0.25, -0.2) is 0 Å². The summed E-state index contributed by atoms with van der Waals surface area (Å²) in [6.07, 6.45) is 2.75. The first kappa shape index (κ1) is 18.3. The van der Waals surface area contributed by atoms with Gasteiger partial charge in [0.1, 0.15) is 5.75 Å². The van der Waals surface area contributed by atoms with E-state index in [0.717, 1.165) is 35.6 Å². The van der Waals surface area contributed by atoms with Crippen LogP contribution < -0.4 is 10.1 Å². The van der Waals surface area contributed by atoms with Crippen molar-refractivity contribution in [1.82, 2.24) is 5.32 Å². The van der Waals surface area contributed by atoms with Crippen LogP contribution in [0.3, 0.4) is 0 Å². The summed E-state index contributed by atoms with van der Waals surface area (Å²) in [6.45, 7) is 7.12. The fourth-order valence-electron chi connectivity index (χ4n) is 3.01. The Morgan fingerprint density at radius 1 is 1.24 bits per heavy atom.